The molecule has 0 aliphatic carbocycles. The van der Waals surface area contributed by atoms with Gasteiger partial charge in [0.15, 0.2) is 5.58 Å². The number of nitrogens with zero attached hydrogens (tertiary/aromatic N) is 4. The molecular formula is C15H10N6O3. The van der Waals surface area contributed by atoms with E-state index < -0.39 is 5.76 Å². The van der Waals surface area contributed by atoms with Crippen LogP contribution in [0.3, 0.4) is 0 Å². The standard InChI is InChI=1S/C15H10N6O3/c22-14(10-3-1-2-4-12(10)21-8-16-19-20-21)17-9-5-6-13-11(7-9)18-15(23)24-13/h1-8H,(H,17,22)(H,18,23). The van der Waals surface area contributed by atoms with Crippen LogP contribution in [-0.2, 0) is 0 Å². The SMILES string of the molecule is O=C(Nc1ccc2oc(=O)[nH]c2c1)c1ccccc1-n1cnnn1. The average molecular weight is 322 g/mol. The lowest BCUT2D eigenvalue weighted by atomic mass is 10.1. The van der Waals surface area contributed by atoms with E-state index in [0.717, 1.165) is 0 Å². The van der Waals surface area contributed by atoms with E-state index in [1.54, 1.807) is 42.5 Å². The molecule has 9 nitrogen and oxygen atoms in total. The second kappa shape index (κ2) is 5.47. The zero-order chi connectivity index (χ0) is 16.5. The fourth-order valence-electron chi connectivity index (χ4n) is 2.37. The van der Waals surface area contributed by atoms with Crippen LogP contribution in [0.25, 0.3) is 16.8 Å². The van der Waals surface area contributed by atoms with Gasteiger partial charge in [-0.25, -0.2) is 4.79 Å². The van der Waals surface area contributed by atoms with Gasteiger partial charge in [-0.2, -0.15) is 4.68 Å². The van der Waals surface area contributed by atoms with E-state index in [-0.39, 0.29) is 5.91 Å². The van der Waals surface area contributed by atoms with Crippen molar-refractivity contribution < 1.29 is 9.21 Å². The number of rotatable bonds is 3. The number of aromatic nitrogens is 5. The maximum Gasteiger partial charge on any atom is 0.417 e. The van der Waals surface area contributed by atoms with Crippen LogP contribution >= 0.6 is 0 Å². The van der Waals surface area contributed by atoms with Gasteiger partial charge < -0.3 is 9.73 Å². The van der Waals surface area contributed by atoms with Crippen LogP contribution in [0.1, 0.15) is 10.4 Å². The van der Waals surface area contributed by atoms with Crippen LogP contribution in [0, 0.1) is 0 Å². The third-order valence-corrected chi connectivity index (χ3v) is 3.42. The van der Waals surface area contributed by atoms with Crippen LogP contribution in [0.4, 0.5) is 5.69 Å². The second-order valence-corrected chi connectivity index (χ2v) is 4.95. The number of H-pyrrole nitrogens is 1. The molecular weight excluding hydrogens is 312 g/mol. The molecule has 9 heteroatoms. The van der Waals surface area contributed by atoms with Gasteiger partial charge in [0.2, 0.25) is 0 Å². The lowest BCUT2D eigenvalue weighted by Crippen LogP contribution is -2.15. The highest BCUT2D eigenvalue weighted by Gasteiger charge is 2.14. The van der Waals surface area contributed by atoms with Crippen molar-refractivity contribution in [3.05, 3.63) is 64.9 Å². The number of amides is 1. The smallest absolute Gasteiger partial charge is 0.408 e. The predicted molar refractivity (Wildman–Crippen MR) is 83.9 cm³/mol. The van der Waals surface area contributed by atoms with Crippen molar-refractivity contribution >= 4 is 22.7 Å². The Hall–Kier alpha value is -3.75. The number of benzene rings is 2. The van der Waals surface area contributed by atoms with E-state index in [2.05, 4.69) is 25.8 Å². The van der Waals surface area contributed by atoms with E-state index >= 15 is 0 Å². The molecule has 0 saturated heterocycles. The summed E-state index contributed by atoms with van der Waals surface area (Å²) in [4.78, 5) is 26.3. The Morgan fingerprint density at radius 1 is 1.21 bits per heavy atom. The summed E-state index contributed by atoms with van der Waals surface area (Å²) in [5.41, 5.74) is 2.41. The molecule has 24 heavy (non-hydrogen) atoms. The largest absolute Gasteiger partial charge is 0.417 e. The van der Waals surface area contributed by atoms with Gasteiger partial charge in [0, 0.05) is 5.69 Å². The van der Waals surface area contributed by atoms with Gasteiger partial charge in [-0.05, 0) is 40.8 Å². The Bertz CT molecular complexity index is 1080. The molecule has 0 bridgehead atoms. The third kappa shape index (κ3) is 2.43. The first-order valence-electron chi connectivity index (χ1n) is 6.97. The average Bonchev–Trinajstić information content (AvgIpc) is 3.23. The van der Waals surface area contributed by atoms with Crippen molar-refractivity contribution in [2.45, 2.75) is 0 Å². The van der Waals surface area contributed by atoms with Gasteiger partial charge >= 0.3 is 5.76 Å². The lowest BCUT2D eigenvalue weighted by molar-refractivity contribution is 0.102. The first-order valence-corrected chi connectivity index (χ1v) is 6.97. The van der Waals surface area contributed by atoms with E-state index in [1.165, 1.54) is 11.0 Å². The molecule has 0 unspecified atom stereocenters. The summed E-state index contributed by atoms with van der Waals surface area (Å²) in [6.45, 7) is 0. The van der Waals surface area contributed by atoms with Crippen LogP contribution < -0.4 is 11.1 Å². The number of carbonyl (C=O) groups is 1. The molecule has 0 saturated carbocycles. The molecule has 4 aromatic rings. The number of nitrogens with one attached hydrogen (secondary N) is 2. The topological polar surface area (TPSA) is 119 Å². The summed E-state index contributed by atoms with van der Waals surface area (Å²) < 4.78 is 6.34. The molecule has 0 aliphatic heterocycles. The summed E-state index contributed by atoms with van der Waals surface area (Å²) >= 11 is 0. The van der Waals surface area contributed by atoms with Crippen molar-refractivity contribution in [2.75, 3.05) is 5.32 Å². The third-order valence-electron chi connectivity index (χ3n) is 3.42. The highest BCUT2D eigenvalue weighted by molar-refractivity contribution is 6.07. The van der Waals surface area contributed by atoms with Crippen LogP contribution in [0.15, 0.2) is 58.0 Å². The highest BCUT2D eigenvalue weighted by atomic mass is 16.4. The van der Waals surface area contributed by atoms with Gasteiger partial charge in [0.1, 0.15) is 6.33 Å². The molecule has 4 rings (SSSR count). The molecule has 0 fully saturated rings. The summed E-state index contributed by atoms with van der Waals surface area (Å²) in [6, 6.07) is 11.8. The molecule has 2 aromatic carbocycles. The van der Waals surface area contributed by atoms with Crippen molar-refractivity contribution in [3.63, 3.8) is 0 Å². The molecule has 0 radical (unpaired) electrons. The molecule has 1 amide bonds. The van der Waals surface area contributed by atoms with Gasteiger partial charge in [0.25, 0.3) is 5.91 Å². The molecule has 2 N–H and O–H groups in total. The van der Waals surface area contributed by atoms with Gasteiger partial charge in [-0.1, -0.05) is 12.1 Å². The van der Waals surface area contributed by atoms with Crippen LogP contribution in [-0.4, -0.2) is 31.1 Å². The number of oxazole rings is 1. The molecule has 0 spiro atoms. The highest BCUT2D eigenvalue weighted by Crippen LogP contribution is 2.19. The van der Waals surface area contributed by atoms with Crippen molar-refractivity contribution in [2.24, 2.45) is 0 Å². The van der Waals surface area contributed by atoms with E-state index in [0.29, 0.717) is 28.0 Å². The second-order valence-electron chi connectivity index (χ2n) is 4.95. The van der Waals surface area contributed by atoms with Gasteiger partial charge in [-0.15, -0.1) is 5.10 Å². The number of tetrazole rings is 1. The van der Waals surface area contributed by atoms with Crippen LogP contribution in [0.2, 0.25) is 0 Å². The van der Waals surface area contributed by atoms with Crippen molar-refractivity contribution in [1.29, 1.82) is 0 Å². The summed E-state index contributed by atoms with van der Waals surface area (Å²) in [5.74, 6) is -0.871. The molecule has 2 heterocycles. The number of aromatic amines is 1. The van der Waals surface area contributed by atoms with Gasteiger partial charge in [-0.3, -0.25) is 9.78 Å². The zero-order valence-corrected chi connectivity index (χ0v) is 12.1. The normalized spacial score (nSPS) is 10.8. The summed E-state index contributed by atoms with van der Waals surface area (Å²) in [7, 11) is 0. The Labute approximate surface area is 133 Å². The number of anilines is 1. The Morgan fingerprint density at radius 3 is 2.92 bits per heavy atom. The summed E-state index contributed by atoms with van der Waals surface area (Å²) in [5, 5.41) is 13.7. The fraction of sp³-hybridized carbons (Fsp3) is 0. The first-order chi connectivity index (χ1) is 11.7. The van der Waals surface area contributed by atoms with Crippen LogP contribution in [0.5, 0.6) is 0 Å². The summed E-state index contributed by atoms with van der Waals surface area (Å²) in [6.07, 6.45) is 1.41. The van der Waals surface area contributed by atoms with E-state index in [9.17, 15) is 9.59 Å². The number of fused-ring (bicyclic) bond motifs is 1. The van der Waals surface area contributed by atoms with Crippen molar-refractivity contribution in [1.82, 2.24) is 25.2 Å². The predicted octanol–water partition coefficient (Wildman–Crippen LogP) is 1.35. The van der Waals surface area contributed by atoms with E-state index in [1.807, 2.05) is 0 Å². The van der Waals surface area contributed by atoms with E-state index in [4.69, 9.17) is 4.42 Å². The lowest BCUT2D eigenvalue weighted by Gasteiger charge is -2.09. The maximum atomic E-state index is 12.6. The number of hydrogen-bond acceptors (Lipinski definition) is 6. The Morgan fingerprint density at radius 2 is 2.08 bits per heavy atom. The minimum Gasteiger partial charge on any atom is -0.408 e. The quantitative estimate of drug-likeness (QED) is 0.587. The number of hydrogen-bond donors (Lipinski definition) is 2. The first kappa shape index (κ1) is 13.9. The maximum absolute atomic E-state index is 12.6. The van der Waals surface area contributed by atoms with Crippen molar-refractivity contribution in [3.8, 4) is 5.69 Å². The Balaban J connectivity index is 1.67. The molecule has 2 aromatic heterocycles. The minimum atomic E-state index is -0.544. The Kier molecular flexibility index (Phi) is 3.16. The fourth-order valence-corrected chi connectivity index (χ4v) is 2.37. The zero-order valence-electron chi connectivity index (χ0n) is 12.1. The molecule has 0 atom stereocenters. The monoisotopic (exact) mass is 322 g/mol. The van der Waals surface area contributed by atoms with Gasteiger partial charge in [0.05, 0.1) is 16.8 Å². The molecule has 118 valence electrons. The number of carbonyl (C=O) groups excluding carboxylic acids is 1. The minimum absolute atomic E-state index is 0.328. The number of para-hydroxylation sites is 1. The molecule has 0 aliphatic rings.